The molecule has 1 atom stereocenters. The van der Waals surface area contributed by atoms with Crippen LogP contribution >= 0.6 is 0 Å². The summed E-state index contributed by atoms with van der Waals surface area (Å²) in [6.45, 7) is 3.49. The minimum Gasteiger partial charge on any atom is -0.480 e. The van der Waals surface area contributed by atoms with E-state index in [-0.39, 0.29) is 6.42 Å². The second kappa shape index (κ2) is 5.97. The number of hydrogen-bond acceptors (Lipinski definition) is 3. The number of aliphatic carboxylic acids is 1. The molecule has 1 heterocycles. The molecular formula is C15H14N2O3. The summed E-state index contributed by atoms with van der Waals surface area (Å²) in [6, 6.07) is 7.84. The third-order valence-corrected chi connectivity index (χ3v) is 2.88. The predicted molar refractivity (Wildman–Crippen MR) is 75.4 cm³/mol. The van der Waals surface area contributed by atoms with Gasteiger partial charge in [0.25, 0.3) is 5.91 Å². The summed E-state index contributed by atoms with van der Waals surface area (Å²) in [4.78, 5) is 27.4. The number of amides is 1. The molecule has 5 nitrogen and oxygen atoms in total. The fraction of sp³-hybridized carbons (Fsp3) is 0.133. The third kappa shape index (κ3) is 2.83. The number of rotatable bonds is 5. The van der Waals surface area contributed by atoms with Crippen LogP contribution in [0.5, 0.6) is 0 Å². The molecule has 0 fully saturated rings. The van der Waals surface area contributed by atoms with Crippen molar-refractivity contribution in [2.24, 2.45) is 0 Å². The number of nitrogens with one attached hydrogen (secondary N) is 1. The first-order chi connectivity index (χ1) is 9.63. The molecule has 0 saturated heterocycles. The number of carbonyl (C=O) groups excluding carboxylic acids is 1. The van der Waals surface area contributed by atoms with Gasteiger partial charge in [-0.3, -0.25) is 9.78 Å². The van der Waals surface area contributed by atoms with E-state index in [1.165, 1.54) is 6.08 Å². The Morgan fingerprint density at radius 2 is 2.10 bits per heavy atom. The lowest BCUT2D eigenvalue weighted by atomic mass is 10.1. The zero-order valence-electron chi connectivity index (χ0n) is 10.7. The Labute approximate surface area is 115 Å². The van der Waals surface area contributed by atoms with Crippen molar-refractivity contribution in [3.8, 4) is 0 Å². The lowest BCUT2D eigenvalue weighted by Gasteiger charge is -2.13. The quantitative estimate of drug-likeness (QED) is 0.814. The summed E-state index contributed by atoms with van der Waals surface area (Å²) in [5.74, 6) is -1.55. The number of aromatic nitrogens is 1. The first-order valence-corrected chi connectivity index (χ1v) is 6.12. The summed E-state index contributed by atoms with van der Waals surface area (Å²) in [5.41, 5.74) is 0.911. The summed E-state index contributed by atoms with van der Waals surface area (Å²) < 4.78 is 0. The van der Waals surface area contributed by atoms with Gasteiger partial charge in [0.05, 0.1) is 11.1 Å². The van der Waals surface area contributed by atoms with Crippen molar-refractivity contribution in [3.63, 3.8) is 0 Å². The average Bonchev–Trinajstić information content (AvgIpc) is 2.46. The maximum absolute atomic E-state index is 12.2. The van der Waals surface area contributed by atoms with Gasteiger partial charge in [0, 0.05) is 11.6 Å². The van der Waals surface area contributed by atoms with E-state index < -0.39 is 17.9 Å². The molecule has 0 unspecified atom stereocenters. The lowest BCUT2D eigenvalue weighted by Crippen LogP contribution is -2.40. The van der Waals surface area contributed by atoms with Crippen LogP contribution in [0, 0.1) is 0 Å². The SMILES string of the molecule is C=CC[C@@H](NC(=O)c1cccc2cccnc12)C(=O)O. The molecule has 2 rings (SSSR count). The second-order valence-electron chi connectivity index (χ2n) is 4.27. The van der Waals surface area contributed by atoms with Crippen LogP contribution < -0.4 is 5.32 Å². The number of carboxylic acid groups (broad SMARTS) is 1. The maximum Gasteiger partial charge on any atom is 0.326 e. The van der Waals surface area contributed by atoms with E-state index in [4.69, 9.17) is 5.11 Å². The van der Waals surface area contributed by atoms with Gasteiger partial charge in [-0.15, -0.1) is 6.58 Å². The molecule has 0 spiro atoms. The highest BCUT2D eigenvalue weighted by Gasteiger charge is 2.20. The van der Waals surface area contributed by atoms with Crippen molar-refractivity contribution in [1.82, 2.24) is 10.3 Å². The van der Waals surface area contributed by atoms with E-state index in [0.717, 1.165) is 5.39 Å². The van der Waals surface area contributed by atoms with Crippen LogP contribution in [0.15, 0.2) is 49.2 Å². The van der Waals surface area contributed by atoms with Gasteiger partial charge in [0.15, 0.2) is 0 Å². The Balaban J connectivity index is 2.31. The van der Waals surface area contributed by atoms with Gasteiger partial charge in [0.1, 0.15) is 6.04 Å². The van der Waals surface area contributed by atoms with Crippen LogP contribution in [0.1, 0.15) is 16.8 Å². The molecule has 0 bridgehead atoms. The normalized spacial score (nSPS) is 11.8. The van der Waals surface area contributed by atoms with Gasteiger partial charge in [-0.1, -0.05) is 24.3 Å². The van der Waals surface area contributed by atoms with Crippen molar-refractivity contribution < 1.29 is 14.7 Å². The van der Waals surface area contributed by atoms with E-state index in [9.17, 15) is 9.59 Å². The monoisotopic (exact) mass is 270 g/mol. The minimum absolute atomic E-state index is 0.166. The molecule has 0 aliphatic rings. The molecule has 0 saturated carbocycles. The zero-order valence-corrected chi connectivity index (χ0v) is 10.7. The third-order valence-electron chi connectivity index (χ3n) is 2.88. The van der Waals surface area contributed by atoms with Gasteiger partial charge in [-0.25, -0.2) is 4.79 Å². The van der Waals surface area contributed by atoms with Gasteiger partial charge in [-0.2, -0.15) is 0 Å². The molecule has 5 heteroatoms. The van der Waals surface area contributed by atoms with Crippen LogP contribution in [0.4, 0.5) is 0 Å². The molecule has 2 aromatic rings. The standard InChI is InChI=1S/C15H14N2O3/c1-2-5-12(15(19)20)17-14(18)11-8-3-6-10-7-4-9-16-13(10)11/h2-4,6-9,12H,1,5H2,(H,17,18)(H,19,20)/t12-/m1/s1. The highest BCUT2D eigenvalue weighted by Crippen LogP contribution is 2.16. The molecule has 1 aromatic heterocycles. The average molecular weight is 270 g/mol. The van der Waals surface area contributed by atoms with Gasteiger partial charge >= 0.3 is 5.97 Å². The van der Waals surface area contributed by atoms with Crippen LogP contribution in [-0.4, -0.2) is 28.0 Å². The molecular weight excluding hydrogens is 256 g/mol. The van der Waals surface area contributed by atoms with E-state index in [1.807, 2.05) is 12.1 Å². The number of carboxylic acids is 1. The first-order valence-electron chi connectivity index (χ1n) is 6.12. The highest BCUT2D eigenvalue weighted by molar-refractivity contribution is 6.06. The number of pyridine rings is 1. The van der Waals surface area contributed by atoms with Crippen molar-refractivity contribution in [2.75, 3.05) is 0 Å². The van der Waals surface area contributed by atoms with E-state index >= 15 is 0 Å². The van der Waals surface area contributed by atoms with Crippen molar-refractivity contribution in [2.45, 2.75) is 12.5 Å². The smallest absolute Gasteiger partial charge is 0.326 e. The van der Waals surface area contributed by atoms with Crippen LogP contribution in [-0.2, 0) is 4.79 Å². The number of nitrogens with zero attached hydrogens (tertiary/aromatic N) is 1. The molecule has 1 amide bonds. The Hall–Kier alpha value is -2.69. The van der Waals surface area contributed by atoms with Crippen molar-refractivity contribution in [1.29, 1.82) is 0 Å². The molecule has 2 N–H and O–H groups in total. The van der Waals surface area contributed by atoms with Crippen LogP contribution in [0.25, 0.3) is 10.9 Å². The predicted octanol–water partition coefficient (Wildman–Crippen LogP) is 1.99. The summed E-state index contributed by atoms with van der Waals surface area (Å²) in [5, 5.41) is 12.3. The molecule has 0 radical (unpaired) electrons. The Morgan fingerprint density at radius 3 is 2.80 bits per heavy atom. The van der Waals surface area contributed by atoms with E-state index in [1.54, 1.807) is 24.4 Å². The first kappa shape index (κ1) is 13.7. The summed E-state index contributed by atoms with van der Waals surface area (Å²) >= 11 is 0. The Bertz CT molecular complexity index is 662. The van der Waals surface area contributed by atoms with Crippen molar-refractivity contribution >= 4 is 22.8 Å². The topological polar surface area (TPSA) is 79.3 Å². The van der Waals surface area contributed by atoms with Gasteiger partial charge in [-0.05, 0) is 18.6 Å². The summed E-state index contributed by atoms with van der Waals surface area (Å²) in [6.07, 6.45) is 3.22. The summed E-state index contributed by atoms with van der Waals surface area (Å²) in [7, 11) is 0. The largest absolute Gasteiger partial charge is 0.480 e. The van der Waals surface area contributed by atoms with Crippen molar-refractivity contribution in [3.05, 3.63) is 54.7 Å². The molecule has 1 aromatic carbocycles. The number of benzene rings is 1. The second-order valence-corrected chi connectivity index (χ2v) is 4.27. The number of carbonyl (C=O) groups is 2. The molecule has 0 aliphatic heterocycles. The minimum atomic E-state index is -1.09. The fourth-order valence-corrected chi connectivity index (χ4v) is 1.91. The Morgan fingerprint density at radius 1 is 1.35 bits per heavy atom. The van der Waals surface area contributed by atoms with Crippen LogP contribution in [0.3, 0.4) is 0 Å². The van der Waals surface area contributed by atoms with Crippen LogP contribution in [0.2, 0.25) is 0 Å². The number of para-hydroxylation sites is 1. The van der Waals surface area contributed by atoms with Gasteiger partial charge < -0.3 is 10.4 Å². The number of hydrogen-bond donors (Lipinski definition) is 2. The van der Waals surface area contributed by atoms with Gasteiger partial charge in [0.2, 0.25) is 0 Å². The lowest BCUT2D eigenvalue weighted by molar-refractivity contribution is -0.139. The molecule has 20 heavy (non-hydrogen) atoms. The van der Waals surface area contributed by atoms with E-state index in [2.05, 4.69) is 16.9 Å². The maximum atomic E-state index is 12.2. The Kier molecular flexibility index (Phi) is 4.10. The highest BCUT2D eigenvalue weighted by atomic mass is 16.4. The molecule has 102 valence electrons. The fourth-order valence-electron chi connectivity index (χ4n) is 1.91. The zero-order chi connectivity index (χ0) is 14.5. The number of fused-ring (bicyclic) bond motifs is 1. The molecule has 0 aliphatic carbocycles. The van der Waals surface area contributed by atoms with E-state index in [0.29, 0.717) is 11.1 Å².